The molecule has 0 rings (SSSR count). The van der Waals surface area contributed by atoms with Crippen LogP contribution in [0.2, 0.25) is 0 Å². The van der Waals surface area contributed by atoms with Crippen LogP contribution in [0.25, 0.3) is 0 Å². The van der Waals surface area contributed by atoms with Crippen molar-refractivity contribution in [2.45, 2.75) is 26.4 Å². The van der Waals surface area contributed by atoms with Gasteiger partial charge in [-0.2, -0.15) is 0 Å². The zero-order valence-corrected chi connectivity index (χ0v) is 7.00. The fourth-order valence-corrected chi connectivity index (χ4v) is 0.545. The summed E-state index contributed by atoms with van der Waals surface area (Å²) in [6, 6.07) is 0. The monoisotopic (exact) mass is 158 g/mol. The second-order valence-corrected chi connectivity index (χ2v) is 2.15. The molecule has 0 amide bonds. The highest BCUT2D eigenvalue weighted by Gasteiger charge is 2.06. The van der Waals surface area contributed by atoms with E-state index in [4.69, 9.17) is 9.47 Å². The van der Waals surface area contributed by atoms with Gasteiger partial charge in [-0.25, -0.2) is 0 Å². The fourth-order valence-electron chi connectivity index (χ4n) is 0.545. The molecule has 3 heteroatoms. The first-order valence-corrected chi connectivity index (χ1v) is 3.62. The van der Waals surface area contributed by atoms with Gasteiger partial charge in [0.15, 0.2) is 0 Å². The Morgan fingerprint density at radius 3 is 2.82 bits per heavy atom. The molecule has 11 heavy (non-hydrogen) atoms. The van der Waals surface area contributed by atoms with E-state index < -0.39 is 0 Å². The zero-order chi connectivity index (χ0) is 8.69. The maximum atomic E-state index is 10.7. The van der Waals surface area contributed by atoms with Gasteiger partial charge in [0, 0.05) is 6.42 Å². The Morgan fingerprint density at radius 2 is 2.36 bits per heavy atom. The number of ether oxygens (including phenoxy) is 2. The van der Waals surface area contributed by atoms with E-state index in [-0.39, 0.29) is 12.1 Å². The van der Waals surface area contributed by atoms with Gasteiger partial charge in [0.25, 0.3) is 0 Å². The van der Waals surface area contributed by atoms with E-state index in [1.165, 1.54) is 6.26 Å². The SMILES string of the molecule is C=COCC(C)OC(=O)CC. The predicted octanol–water partition coefficient (Wildman–Crippen LogP) is 1.49. The summed E-state index contributed by atoms with van der Waals surface area (Å²) >= 11 is 0. The number of carbonyl (C=O) groups is 1. The van der Waals surface area contributed by atoms with Crippen molar-refractivity contribution in [2.75, 3.05) is 6.61 Å². The minimum absolute atomic E-state index is 0.194. The van der Waals surface area contributed by atoms with Crippen LogP contribution in [0.5, 0.6) is 0 Å². The average molecular weight is 158 g/mol. The predicted molar refractivity (Wildman–Crippen MR) is 42.0 cm³/mol. The molecule has 0 aromatic carbocycles. The molecular formula is C8H14O3. The number of carbonyl (C=O) groups excluding carboxylic acids is 1. The summed E-state index contributed by atoms with van der Waals surface area (Å²) < 4.78 is 9.72. The third-order valence-corrected chi connectivity index (χ3v) is 1.07. The van der Waals surface area contributed by atoms with Gasteiger partial charge in [0.2, 0.25) is 0 Å². The Morgan fingerprint density at radius 1 is 1.73 bits per heavy atom. The van der Waals surface area contributed by atoms with Crippen molar-refractivity contribution >= 4 is 5.97 Å². The van der Waals surface area contributed by atoms with Gasteiger partial charge in [-0.05, 0) is 6.92 Å². The van der Waals surface area contributed by atoms with Crippen LogP contribution in [-0.4, -0.2) is 18.7 Å². The van der Waals surface area contributed by atoms with Crippen LogP contribution < -0.4 is 0 Å². The number of hydrogen-bond acceptors (Lipinski definition) is 3. The summed E-state index contributed by atoms with van der Waals surface area (Å²) in [5.41, 5.74) is 0. The van der Waals surface area contributed by atoms with Gasteiger partial charge >= 0.3 is 5.97 Å². The first-order chi connectivity index (χ1) is 5.20. The molecule has 0 bridgehead atoms. The molecule has 0 aliphatic heterocycles. The van der Waals surface area contributed by atoms with E-state index in [0.29, 0.717) is 13.0 Å². The van der Waals surface area contributed by atoms with E-state index in [1.807, 2.05) is 0 Å². The molecule has 0 radical (unpaired) electrons. The summed E-state index contributed by atoms with van der Waals surface area (Å²) in [6.45, 7) is 7.27. The molecule has 0 spiro atoms. The zero-order valence-electron chi connectivity index (χ0n) is 7.00. The minimum atomic E-state index is -0.204. The molecule has 0 N–H and O–H groups in total. The Kier molecular flexibility index (Phi) is 5.25. The summed E-state index contributed by atoms with van der Waals surface area (Å²) in [5.74, 6) is -0.204. The third kappa shape index (κ3) is 5.45. The van der Waals surface area contributed by atoms with Gasteiger partial charge in [-0.3, -0.25) is 4.79 Å². The average Bonchev–Trinajstić information content (AvgIpc) is 2.00. The molecular weight excluding hydrogens is 144 g/mol. The lowest BCUT2D eigenvalue weighted by atomic mass is 10.4. The van der Waals surface area contributed by atoms with E-state index in [2.05, 4.69) is 6.58 Å². The van der Waals surface area contributed by atoms with Gasteiger partial charge in [0.1, 0.15) is 12.7 Å². The maximum absolute atomic E-state index is 10.7. The highest BCUT2D eigenvalue weighted by atomic mass is 16.6. The summed E-state index contributed by atoms with van der Waals surface area (Å²) in [7, 11) is 0. The first-order valence-electron chi connectivity index (χ1n) is 3.62. The summed E-state index contributed by atoms with van der Waals surface area (Å²) in [5, 5.41) is 0. The summed E-state index contributed by atoms with van der Waals surface area (Å²) in [6.07, 6.45) is 1.54. The summed E-state index contributed by atoms with van der Waals surface area (Å²) in [4.78, 5) is 10.7. The van der Waals surface area contributed by atoms with Crippen molar-refractivity contribution in [3.05, 3.63) is 12.8 Å². The lowest BCUT2D eigenvalue weighted by Gasteiger charge is -2.11. The Bertz CT molecular complexity index is 131. The molecule has 0 fully saturated rings. The molecule has 0 saturated carbocycles. The van der Waals surface area contributed by atoms with Crippen LogP contribution in [0.4, 0.5) is 0 Å². The number of rotatable bonds is 5. The quantitative estimate of drug-likeness (QED) is 0.449. The Balaban J connectivity index is 3.42. The van der Waals surface area contributed by atoms with Crippen LogP contribution >= 0.6 is 0 Å². The van der Waals surface area contributed by atoms with E-state index in [9.17, 15) is 4.79 Å². The van der Waals surface area contributed by atoms with Crippen LogP contribution in [0.15, 0.2) is 12.8 Å². The van der Waals surface area contributed by atoms with Gasteiger partial charge in [0.05, 0.1) is 6.26 Å². The molecule has 1 atom stereocenters. The molecule has 0 saturated heterocycles. The van der Waals surface area contributed by atoms with Gasteiger partial charge in [-0.1, -0.05) is 13.5 Å². The molecule has 0 aliphatic carbocycles. The van der Waals surface area contributed by atoms with Crippen molar-refractivity contribution in [1.82, 2.24) is 0 Å². The van der Waals surface area contributed by atoms with Crippen molar-refractivity contribution in [3.63, 3.8) is 0 Å². The normalized spacial score (nSPS) is 11.8. The van der Waals surface area contributed by atoms with Crippen molar-refractivity contribution in [2.24, 2.45) is 0 Å². The smallest absolute Gasteiger partial charge is 0.305 e. The largest absolute Gasteiger partial charge is 0.498 e. The Labute approximate surface area is 67.0 Å². The molecule has 0 aromatic rings. The third-order valence-electron chi connectivity index (χ3n) is 1.07. The standard InChI is InChI=1S/C8H14O3/c1-4-8(9)11-7(3)6-10-5-2/h5,7H,2,4,6H2,1,3H3. The van der Waals surface area contributed by atoms with Crippen LogP contribution in [0.1, 0.15) is 20.3 Å². The molecule has 0 aromatic heterocycles. The highest BCUT2D eigenvalue weighted by Crippen LogP contribution is 1.94. The van der Waals surface area contributed by atoms with Crippen LogP contribution in [0, 0.1) is 0 Å². The van der Waals surface area contributed by atoms with E-state index >= 15 is 0 Å². The first kappa shape index (κ1) is 10.0. The second-order valence-electron chi connectivity index (χ2n) is 2.15. The van der Waals surface area contributed by atoms with Gasteiger partial charge < -0.3 is 9.47 Å². The van der Waals surface area contributed by atoms with Crippen molar-refractivity contribution in [3.8, 4) is 0 Å². The lowest BCUT2D eigenvalue weighted by Crippen LogP contribution is -2.18. The number of hydrogen-bond donors (Lipinski definition) is 0. The van der Waals surface area contributed by atoms with E-state index in [1.54, 1.807) is 13.8 Å². The minimum Gasteiger partial charge on any atom is -0.498 e. The molecule has 0 heterocycles. The highest BCUT2D eigenvalue weighted by molar-refractivity contribution is 5.69. The topological polar surface area (TPSA) is 35.5 Å². The molecule has 0 aliphatic rings. The maximum Gasteiger partial charge on any atom is 0.305 e. The van der Waals surface area contributed by atoms with Crippen LogP contribution in [0.3, 0.4) is 0 Å². The van der Waals surface area contributed by atoms with Crippen molar-refractivity contribution < 1.29 is 14.3 Å². The number of esters is 1. The lowest BCUT2D eigenvalue weighted by molar-refractivity contribution is -0.149. The van der Waals surface area contributed by atoms with Crippen molar-refractivity contribution in [1.29, 1.82) is 0 Å². The molecule has 3 nitrogen and oxygen atoms in total. The Hall–Kier alpha value is -0.990. The fraction of sp³-hybridized carbons (Fsp3) is 0.625. The molecule has 1 unspecified atom stereocenters. The van der Waals surface area contributed by atoms with E-state index in [0.717, 1.165) is 0 Å². The van der Waals surface area contributed by atoms with Gasteiger partial charge in [-0.15, -0.1) is 0 Å². The second kappa shape index (κ2) is 5.77. The van der Waals surface area contributed by atoms with Crippen LogP contribution in [-0.2, 0) is 14.3 Å². The molecule has 64 valence electrons.